The van der Waals surface area contributed by atoms with E-state index in [-0.39, 0.29) is 17.0 Å². The third-order valence-corrected chi connectivity index (χ3v) is 8.17. The van der Waals surface area contributed by atoms with E-state index in [4.69, 9.17) is 0 Å². The van der Waals surface area contributed by atoms with E-state index in [1.54, 1.807) is 6.07 Å². The van der Waals surface area contributed by atoms with Gasteiger partial charge in [0.05, 0.1) is 5.56 Å². The van der Waals surface area contributed by atoms with Crippen LogP contribution in [0.5, 0.6) is 0 Å². The van der Waals surface area contributed by atoms with E-state index < -0.39 is 29.2 Å². The van der Waals surface area contributed by atoms with Gasteiger partial charge in [-0.05, 0) is 91.5 Å². The zero-order valence-corrected chi connectivity index (χ0v) is 20.5. The SMILES string of the molecule is CCCC1CCC(C2CCC(c3ccc(-c4cc(F)c(C#CC(F)(F)F)c(F)c4)c(F)c3)CC2)CC1. The molecule has 2 aromatic rings. The van der Waals surface area contributed by atoms with Crippen molar-refractivity contribution in [3.8, 4) is 23.0 Å². The molecular weight excluding hydrogens is 474 g/mol. The molecule has 0 radical (unpaired) electrons. The number of hydrogen-bond donors (Lipinski definition) is 0. The van der Waals surface area contributed by atoms with Crippen LogP contribution in [0.2, 0.25) is 0 Å². The fourth-order valence-electron chi connectivity index (χ4n) is 6.28. The van der Waals surface area contributed by atoms with Crippen molar-refractivity contribution in [3.63, 3.8) is 0 Å². The highest BCUT2D eigenvalue weighted by Crippen LogP contribution is 2.45. The van der Waals surface area contributed by atoms with Gasteiger partial charge in [0.1, 0.15) is 17.5 Å². The Balaban J connectivity index is 1.41. The summed E-state index contributed by atoms with van der Waals surface area (Å²) in [7, 11) is 0. The third-order valence-electron chi connectivity index (χ3n) is 8.17. The molecule has 2 fully saturated rings. The Bertz CT molecular complexity index is 1080. The zero-order valence-electron chi connectivity index (χ0n) is 20.5. The summed E-state index contributed by atoms with van der Waals surface area (Å²) >= 11 is 0. The van der Waals surface area contributed by atoms with Crippen molar-refractivity contribution in [2.75, 3.05) is 0 Å². The first-order valence-electron chi connectivity index (χ1n) is 13.0. The second kappa shape index (κ2) is 11.3. The van der Waals surface area contributed by atoms with Crippen molar-refractivity contribution in [2.24, 2.45) is 17.8 Å². The molecule has 0 nitrogen and oxygen atoms in total. The Morgan fingerprint density at radius 1 is 0.778 bits per heavy atom. The average Bonchev–Trinajstić information content (AvgIpc) is 2.83. The quantitative estimate of drug-likeness (QED) is 0.280. The van der Waals surface area contributed by atoms with Crippen LogP contribution in [-0.4, -0.2) is 6.18 Å². The number of benzene rings is 2. The summed E-state index contributed by atoms with van der Waals surface area (Å²) in [6, 6.07) is 6.38. The van der Waals surface area contributed by atoms with Crippen LogP contribution in [0.3, 0.4) is 0 Å². The molecule has 0 atom stereocenters. The van der Waals surface area contributed by atoms with Gasteiger partial charge in [-0.2, -0.15) is 13.2 Å². The minimum Gasteiger partial charge on any atom is -0.206 e. The summed E-state index contributed by atoms with van der Waals surface area (Å²) in [6.45, 7) is 2.26. The van der Waals surface area contributed by atoms with Crippen LogP contribution in [0.4, 0.5) is 26.3 Å². The molecule has 194 valence electrons. The Labute approximate surface area is 209 Å². The van der Waals surface area contributed by atoms with Crippen LogP contribution in [0.15, 0.2) is 30.3 Å². The number of alkyl halides is 3. The second-order valence-electron chi connectivity index (χ2n) is 10.5. The summed E-state index contributed by atoms with van der Waals surface area (Å²) in [5.74, 6) is 1.95. The first-order chi connectivity index (χ1) is 17.1. The monoisotopic (exact) mass is 506 g/mol. The number of rotatable bonds is 5. The van der Waals surface area contributed by atoms with E-state index >= 15 is 4.39 Å². The molecule has 2 aliphatic carbocycles. The highest BCUT2D eigenvalue weighted by atomic mass is 19.4. The average molecular weight is 507 g/mol. The molecule has 0 spiro atoms. The van der Waals surface area contributed by atoms with E-state index in [0.29, 0.717) is 0 Å². The first kappa shape index (κ1) is 26.6. The first-order valence-corrected chi connectivity index (χ1v) is 13.0. The maximum absolute atomic E-state index is 15.0. The van der Waals surface area contributed by atoms with Crippen LogP contribution in [-0.2, 0) is 0 Å². The molecule has 2 aromatic carbocycles. The van der Waals surface area contributed by atoms with Crippen molar-refractivity contribution in [1.29, 1.82) is 0 Å². The minimum absolute atomic E-state index is 0.00408. The highest BCUT2D eigenvalue weighted by Gasteiger charge is 2.31. The van der Waals surface area contributed by atoms with Crippen molar-refractivity contribution >= 4 is 0 Å². The second-order valence-corrected chi connectivity index (χ2v) is 10.5. The summed E-state index contributed by atoms with van der Waals surface area (Å²) in [5.41, 5.74) is -0.169. The van der Waals surface area contributed by atoms with Crippen molar-refractivity contribution in [2.45, 2.75) is 83.2 Å². The fraction of sp³-hybridized carbons (Fsp3) is 0.533. The number of halogens is 6. The Morgan fingerprint density at radius 3 is 1.89 bits per heavy atom. The van der Waals surface area contributed by atoms with Gasteiger partial charge in [-0.25, -0.2) is 13.2 Å². The number of hydrogen-bond acceptors (Lipinski definition) is 0. The molecule has 0 saturated heterocycles. The summed E-state index contributed by atoms with van der Waals surface area (Å²) < 4.78 is 80.4. The molecule has 2 saturated carbocycles. The van der Waals surface area contributed by atoms with Gasteiger partial charge in [0.2, 0.25) is 0 Å². The molecule has 4 rings (SSSR count). The summed E-state index contributed by atoms with van der Waals surface area (Å²) in [6.07, 6.45) is 7.41. The van der Waals surface area contributed by atoms with Gasteiger partial charge < -0.3 is 0 Å². The lowest BCUT2D eigenvalue weighted by Gasteiger charge is -2.38. The van der Waals surface area contributed by atoms with Crippen LogP contribution in [0.1, 0.15) is 88.2 Å². The Morgan fingerprint density at radius 2 is 1.36 bits per heavy atom. The van der Waals surface area contributed by atoms with Crippen LogP contribution < -0.4 is 0 Å². The lowest BCUT2D eigenvalue weighted by Crippen LogP contribution is -2.25. The van der Waals surface area contributed by atoms with E-state index in [0.717, 1.165) is 67.1 Å². The van der Waals surface area contributed by atoms with E-state index in [1.807, 2.05) is 0 Å². The molecule has 0 bridgehead atoms. The van der Waals surface area contributed by atoms with E-state index in [2.05, 4.69) is 6.92 Å². The lowest BCUT2D eigenvalue weighted by molar-refractivity contribution is -0.0696. The molecule has 0 heterocycles. The smallest absolute Gasteiger partial charge is 0.206 e. The van der Waals surface area contributed by atoms with Gasteiger partial charge in [0, 0.05) is 11.5 Å². The maximum Gasteiger partial charge on any atom is 0.458 e. The van der Waals surface area contributed by atoms with Crippen LogP contribution in [0, 0.1) is 47.0 Å². The van der Waals surface area contributed by atoms with Gasteiger partial charge in [-0.3, -0.25) is 0 Å². The topological polar surface area (TPSA) is 0 Å². The molecule has 0 unspecified atom stereocenters. The van der Waals surface area contributed by atoms with Crippen LogP contribution in [0.25, 0.3) is 11.1 Å². The van der Waals surface area contributed by atoms with E-state index in [1.165, 1.54) is 56.6 Å². The van der Waals surface area contributed by atoms with E-state index in [9.17, 15) is 22.0 Å². The van der Waals surface area contributed by atoms with Gasteiger partial charge >= 0.3 is 6.18 Å². The highest BCUT2D eigenvalue weighted by molar-refractivity contribution is 5.66. The lowest BCUT2D eigenvalue weighted by atomic mass is 9.68. The fourth-order valence-corrected chi connectivity index (χ4v) is 6.28. The molecule has 36 heavy (non-hydrogen) atoms. The normalized spacial score (nSPS) is 24.8. The summed E-state index contributed by atoms with van der Waals surface area (Å²) in [5, 5.41) is 0. The standard InChI is InChI=1S/C30H32F6/c1-2-3-19-4-6-20(7-5-19)21-8-10-22(11-9-21)23-12-13-25(27(31)16-23)24-17-28(32)26(29(33)18-24)14-15-30(34,35)36/h12-13,16-22H,2-11H2,1H3. The predicted molar refractivity (Wildman–Crippen MR) is 130 cm³/mol. The van der Waals surface area contributed by atoms with Crippen molar-refractivity contribution in [1.82, 2.24) is 0 Å². The van der Waals surface area contributed by atoms with Crippen LogP contribution >= 0.6 is 0 Å². The van der Waals surface area contributed by atoms with Crippen molar-refractivity contribution in [3.05, 3.63) is 58.9 Å². The molecule has 0 aliphatic heterocycles. The third kappa shape index (κ3) is 6.47. The maximum atomic E-state index is 15.0. The minimum atomic E-state index is -4.87. The van der Waals surface area contributed by atoms with Gasteiger partial charge in [0.25, 0.3) is 0 Å². The molecule has 0 amide bonds. The molecular formula is C30H32F6. The molecule has 0 aromatic heterocycles. The van der Waals surface area contributed by atoms with Gasteiger partial charge in [0.15, 0.2) is 0 Å². The zero-order chi connectivity index (χ0) is 25.9. The van der Waals surface area contributed by atoms with Gasteiger partial charge in [-0.1, -0.05) is 50.7 Å². The molecule has 0 N–H and O–H groups in total. The van der Waals surface area contributed by atoms with Crippen molar-refractivity contribution < 1.29 is 26.3 Å². The van der Waals surface area contributed by atoms with Gasteiger partial charge in [-0.15, -0.1) is 0 Å². The Hall–Kier alpha value is -2.42. The predicted octanol–water partition coefficient (Wildman–Crippen LogP) is 9.56. The Kier molecular flexibility index (Phi) is 8.37. The summed E-state index contributed by atoms with van der Waals surface area (Å²) in [4.78, 5) is 0. The largest absolute Gasteiger partial charge is 0.458 e. The molecule has 2 aliphatic rings. The molecule has 6 heteroatoms.